The summed E-state index contributed by atoms with van der Waals surface area (Å²) in [6.45, 7) is 7.14. The molecule has 0 spiro atoms. The molecule has 3 atom stereocenters. The Labute approximate surface area is 177 Å². The van der Waals surface area contributed by atoms with Gasteiger partial charge in [-0.05, 0) is 39.0 Å². The molecule has 1 aromatic carbocycles. The Kier molecular flexibility index (Phi) is 6.98. The predicted octanol–water partition coefficient (Wildman–Crippen LogP) is 0.824. The Morgan fingerprint density at radius 3 is 2.40 bits per heavy atom. The van der Waals surface area contributed by atoms with Gasteiger partial charge in [0, 0.05) is 39.3 Å². The third kappa shape index (κ3) is 5.10. The molecule has 2 aliphatic rings. The van der Waals surface area contributed by atoms with E-state index < -0.39 is 16.3 Å². The standard InChI is InChI=1S/C20H28N4O5S/c1-15-13-24(14-16(2)28-15)30(26,27)23-9-7-22(8-10-23)20(25)17(3)29-19-6-4-5-18(11-19)12-21/h4-6,11,15-17H,7-10,13-14H2,1-3H3. The summed E-state index contributed by atoms with van der Waals surface area (Å²) in [5.41, 5.74) is 0.456. The Morgan fingerprint density at radius 1 is 1.17 bits per heavy atom. The van der Waals surface area contributed by atoms with Gasteiger partial charge in [0.05, 0.1) is 23.8 Å². The first kappa shape index (κ1) is 22.5. The lowest BCUT2D eigenvalue weighted by Crippen LogP contribution is -2.58. The van der Waals surface area contributed by atoms with E-state index in [0.29, 0.717) is 37.5 Å². The minimum Gasteiger partial charge on any atom is -0.481 e. The normalized spacial score (nSPS) is 24.8. The van der Waals surface area contributed by atoms with Crippen LogP contribution in [-0.2, 0) is 19.7 Å². The number of morpholine rings is 1. The number of ether oxygens (including phenoxy) is 2. The van der Waals surface area contributed by atoms with Crippen LogP contribution < -0.4 is 4.74 Å². The van der Waals surface area contributed by atoms with Crippen LogP contribution in [0.15, 0.2) is 24.3 Å². The molecule has 2 aliphatic heterocycles. The maximum Gasteiger partial charge on any atom is 0.282 e. The van der Waals surface area contributed by atoms with Crippen molar-refractivity contribution >= 4 is 16.1 Å². The van der Waals surface area contributed by atoms with E-state index in [1.54, 1.807) is 36.1 Å². The number of rotatable bonds is 5. The van der Waals surface area contributed by atoms with Crippen molar-refractivity contribution in [2.45, 2.75) is 39.1 Å². The van der Waals surface area contributed by atoms with Crippen LogP contribution in [0.3, 0.4) is 0 Å². The molecule has 2 saturated heterocycles. The second-order valence-electron chi connectivity index (χ2n) is 7.71. The van der Waals surface area contributed by atoms with Crippen molar-refractivity contribution in [1.82, 2.24) is 13.5 Å². The predicted molar refractivity (Wildman–Crippen MR) is 110 cm³/mol. The summed E-state index contributed by atoms with van der Waals surface area (Å²) < 4.78 is 40.2. The molecule has 0 radical (unpaired) electrons. The lowest BCUT2D eigenvalue weighted by atomic mass is 10.2. The SMILES string of the molecule is CC1CN(S(=O)(=O)N2CCN(C(=O)C(C)Oc3cccc(C#N)c3)CC2)CC(C)O1. The van der Waals surface area contributed by atoms with Crippen LogP contribution in [0.1, 0.15) is 26.3 Å². The smallest absolute Gasteiger partial charge is 0.282 e. The van der Waals surface area contributed by atoms with Gasteiger partial charge in [0.25, 0.3) is 16.1 Å². The minimum atomic E-state index is -3.59. The molecule has 164 valence electrons. The Hall–Kier alpha value is -2.19. The van der Waals surface area contributed by atoms with Gasteiger partial charge in [-0.2, -0.15) is 22.3 Å². The quantitative estimate of drug-likeness (QED) is 0.677. The van der Waals surface area contributed by atoms with Crippen molar-refractivity contribution in [3.63, 3.8) is 0 Å². The van der Waals surface area contributed by atoms with Gasteiger partial charge in [-0.1, -0.05) is 6.07 Å². The molecular formula is C20H28N4O5S. The third-order valence-corrected chi connectivity index (χ3v) is 7.18. The van der Waals surface area contributed by atoms with Crippen molar-refractivity contribution in [1.29, 1.82) is 5.26 Å². The average Bonchev–Trinajstić information content (AvgIpc) is 2.72. The molecule has 0 N–H and O–H groups in total. The van der Waals surface area contributed by atoms with Crippen LogP contribution in [0.25, 0.3) is 0 Å². The fourth-order valence-electron chi connectivity index (χ4n) is 3.77. The number of carbonyl (C=O) groups is 1. The zero-order valence-corrected chi connectivity index (χ0v) is 18.3. The van der Waals surface area contributed by atoms with E-state index in [2.05, 4.69) is 0 Å². The fraction of sp³-hybridized carbons (Fsp3) is 0.600. The first-order chi connectivity index (χ1) is 14.2. The van der Waals surface area contributed by atoms with E-state index in [1.807, 2.05) is 19.9 Å². The molecule has 0 aliphatic carbocycles. The van der Waals surface area contributed by atoms with Gasteiger partial charge in [0.15, 0.2) is 6.10 Å². The van der Waals surface area contributed by atoms with Crippen LogP contribution in [0.5, 0.6) is 5.75 Å². The zero-order valence-electron chi connectivity index (χ0n) is 17.5. The Balaban J connectivity index is 1.56. The van der Waals surface area contributed by atoms with E-state index in [1.165, 1.54) is 8.61 Å². The van der Waals surface area contributed by atoms with Crippen molar-refractivity contribution in [2.75, 3.05) is 39.3 Å². The van der Waals surface area contributed by atoms with Crippen LogP contribution in [0, 0.1) is 11.3 Å². The number of carbonyl (C=O) groups excluding carboxylic acids is 1. The highest BCUT2D eigenvalue weighted by molar-refractivity contribution is 7.86. The van der Waals surface area contributed by atoms with Crippen molar-refractivity contribution in [3.05, 3.63) is 29.8 Å². The summed E-state index contributed by atoms with van der Waals surface area (Å²) in [7, 11) is -3.59. The van der Waals surface area contributed by atoms with E-state index in [4.69, 9.17) is 14.7 Å². The minimum absolute atomic E-state index is 0.149. The Morgan fingerprint density at radius 2 is 1.80 bits per heavy atom. The molecule has 30 heavy (non-hydrogen) atoms. The van der Waals surface area contributed by atoms with E-state index >= 15 is 0 Å². The Bertz CT molecular complexity index is 898. The van der Waals surface area contributed by atoms with E-state index in [0.717, 1.165) is 0 Å². The van der Waals surface area contributed by atoms with Crippen LogP contribution in [-0.4, -0.2) is 85.4 Å². The number of piperazine rings is 1. The molecule has 3 unspecified atom stereocenters. The molecule has 1 aromatic rings. The fourth-order valence-corrected chi connectivity index (χ4v) is 5.52. The molecule has 1 amide bonds. The van der Waals surface area contributed by atoms with Gasteiger partial charge >= 0.3 is 0 Å². The van der Waals surface area contributed by atoms with E-state index in [9.17, 15) is 13.2 Å². The van der Waals surface area contributed by atoms with Crippen LogP contribution >= 0.6 is 0 Å². The lowest BCUT2D eigenvalue weighted by molar-refractivity contribution is -0.139. The average molecular weight is 437 g/mol. The van der Waals surface area contributed by atoms with Crippen molar-refractivity contribution in [2.24, 2.45) is 0 Å². The number of nitriles is 1. The molecule has 3 rings (SSSR count). The summed E-state index contributed by atoms with van der Waals surface area (Å²) in [4.78, 5) is 14.4. The largest absolute Gasteiger partial charge is 0.481 e. The second kappa shape index (κ2) is 9.31. The third-order valence-electron chi connectivity index (χ3n) is 5.21. The lowest BCUT2D eigenvalue weighted by Gasteiger charge is -2.40. The number of hydrogen-bond donors (Lipinski definition) is 0. The first-order valence-electron chi connectivity index (χ1n) is 10.1. The van der Waals surface area contributed by atoms with Gasteiger partial charge < -0.3 is 14.4 Å². The molecule has 0 bridgehead atoms. The summed E-state index contributed by atoms with van der Waals surface area (Å²) in [6.07, 6.45) is -1.03. The summed E-state index contributed by atoms with van der Waals surface area (Å²) >= 11 is 0. The van der Waals surface area contributed by atoms with Gasteiger partial charge in [-0.3, -0.25) is 4.79 Å². The van der Waals surface area contributed by atoms with Gasteiger partial charge in [-0.25, -0.2) is 0 Å². The van der Waals surface area contributed by atoms with Crippen LogP contribution in [0.2, 0.25) is 0 Å². The molecular weight excluding hydrogens is 408 g/mol. The highest BCUT2D eigenvalue weighted by Crippen LogP contribution is 2.20. The van der Waals surface area contributed by atoms with Crippen molar-refractivity contribution in [3.8, 4) is 11.8 Å². The van der Waals surface area contributed by atoms with Gasteiger partial charge in [0.2, 0.25) is 0 Å². The number of amides is 1. The molecule has 9 nitrogen and oxygen atoms in total. The number of hydrogen-bond acceptors (Lipinski definition) is 6. The maximum atomic E-state index is 13.0. The summed E-state index contributed by atoms with van der Waals surface area (Å²) in [5, 5.41) is 8.98. The first-order valence-corrected chi connectivity index (χ1v) is 11.5. The maximum absolute atomic E-state index is 13.0. The number of nitrogens with zero attached hydrogens (tertiary/aromatic N) is 4. The molecule has 2 fully saturated rings. The van der Waals surface area contributed by atoms with E-state index in [-0.39, 0.29) is 31.2 Å². The molecule has 0 saturated carbocycles. The molecule has 10 heteroatoms. The highest BCUT2D eigenvalue weighted by Gasteiger charge is 2.37. The molecule has 0 aromatic heterocycles. The monoisotopic (exact) mass is 436 g/mol. The summed E-state index contributed by atoms with van der Waals surface area (Å²) in [5.74, 6) is 0.245. The zero-order chi connectivity index (χ0) is 21.9. The number of benzene rings is 1. The highest BCUT2D eigenvalue weighted by atomic mass is 32.2. The van der Waals surface area contributed by atoms with Crippen LogP contribution in [0.4, 0.5) is 0 Å². The van der Waals surface area contributed by atoms with Gasteiger partial charge in [0.1, 0.15) is 5.75 Å². The summed E-state index contributed by atoms with van der Waals surface area (Å²) in [6, 6.07) is 8.67. The topological polar surface area (TPSA) is 103 Å². The molecule has 2 heterocycles. The van der Waals surface area contributed by atoms with Crippen molar-refractivity contribution < 1.29 is 22.7 Å². The van der Waals surface area contributed by atoms with Gasteiger partial charge in [-0.15, -0.1) is 0 Å². The second-order valence-corrected chi connectivity index (χ2v) is 9.63.